The van der Waals surface area contributed by atoms with Gasteiger partial charge in [-0.05, 0) is 36.1 Å². The van der Waals surface area contributed by atoms with Gasteiger partial charge in [0.2, 0.25) is 0 Å². The Labute approximate surface area is 143 Å². The van der Waals surface area contributed by atoms with E-state index in [1.165, 1.54) is 30.4 Å². The van der Waals surface area contributed by atoms with Crippen LogP contribution in [-0.4, -0.2) is 24.0 Å². The van der Waals surface area contributed by atoms with Crippen molar-refractivity contribution >= 4 is 5.91 Å². The number of methoxy groups -OCH3 is 1. The molecule has 0 saturated heterocycles. The first-order valence-electron chi connectivity index (χ1n) is 8.81. The highest BCUT2D eigenvalue weighted by Gasteiger charge is 2.40. The molecule has 0 aromatic heterocycles. The Morgan fingerprint density at radius 1 is 1.08 bits per heavy atom. The van der Waals surface area contributed by atoms with E-state index in [9.17, 15) is 4.79 Å². The van der Waals surface area contributed by atoms with Gasteiger partial charge in [0.05, 0.1) is 7.11 Å². The summed E-state index contributed by atoms with van der Waals surface area (Å²) in [6, 6.07) is 16.6. The molecule has 1 amide bonds. The van der Waals surface area contributed by atoms with Crippen molar-refractivity contribution < 1.29 is 9.53 Å². The zero-order valence-corrected chi connectivity index (χ0v) is 14.1. The first-order valence-corrected chi connectivity index (χ1v) is 8.81. The second-order valence-electron chi connectivity index (χ2n) is 6.83. The minimum absolute atomic E-state index is 0.149. The summed E-state index contributed by atoms with van der Waals surface area (Å²) in [7, 11) is 1.65. The highest BCUT2D eigenvalue weighted by atomic mass is 16.5. The van der Waals surface area contributed by atoms with Crippen LogP contribution < -0.4 is 4.74 Å². The summed E-state index contributed by atoms with van der Waals surface area (Å²) < 4.78 is 5.35. The van der Waals surface area contributed by atoms with Crippen LogP contribution in [0.2, 0.25) is 0 Å². The third kappa shape index (κ3) is 2.58. The van der Waals surface area contributed by atoms with Crippen molar-refractivity contribution in [3.8, 4) is 5.75 Å². The summed E-state index contributed by atoms with van der Waals surface area (Å²) in [5.41, 5.74) is 3.24. The molecule has 0 bridgehead atoms. The van der Waals surface area contributed by atoms with E-state index in [-0.39, 0.29) is 5.91 Å². The lowest BCUT2D eigenvalue weighted by atomic mass is 9.74. The molecule has 1 aliphatic heterocycles. The number of hydrogen-bond acceptors (Lipinski definition) is 2. The zero-order valence-electron chi connectivity index (χ0n) is 14.1. The maximum absolute atomic E-state index is 13.2. The number of carbonyl (C=O) groups excluding carboxylic acids is 1. The van der Waals surface area contributed by atoms with Gasteiger partial charge in [-0.15, -0.1) is 0 Å². The van der Waals surface area contributed by atoms with Gasteiger partial charge in [0.25, 0.3) is 5.91 Å². The molecular formula is C21H23NO2. The third-order valence-corrected chi connectivity index (χ3v) is 5.48. The Bertz CT molecular complexity index is 741. The molecule has 0 N–H and O–H groups in total. The van der Waals surface area contributed by atoms with Crippen molar-refractivity contribution in [3.05, 3.63) is 65.2 Å². The second kappa shape index (κ2) is 6.31. The van der Waals surface area contributed by atoms with Crippen LogP contribution in [0.3, 0.4) is 0 Å². The molecule has 2 aromatic carbocycles. The van der Waals surface area contributed by atoms with Crippen molar-refractivity contribution in [2.75, 3.05) is 7.11 Å². The molecule has 2 unspecified atom stereocenters. The predicted molar refractivity (Wildman–Crippen MR) is 94.3 cm³/mol. The Morgan fingerprint density at radius 3 is 2.67 bits per heavy atom. The van der Waals surface area contributed by atoms with Gasteiger partial charge >= 0.3 is 0 Å². The molecule has 1 aliphatic carbocycles. The molecule has 1 heterocycles. The standard InChI is InChI=1S/C21H23NO2/c1-24-16-11-12-17-18-9-5-6-10-20(18)22(21(23)19(17)13-16)14-15-7-3-2-4-8-15/h2-4,7-8,11-13,18,20H,5-6,9-10,14H2,1H3. The molecule has 24 heavy (non-hydrogen) atoms. The van der Waals surface area contributed by atoms with E-state index in [2.05, 4.69) is 23.1 Å². The number of ether oxygens (including phenoxy) is 1. The lowest BCUT2D eigenvalue weighted by Gasteiger charge is -2.45. The molecule has 3 nitrogen and oxygen atoms in total. The van der Waals surface area contributed by atoms with E-state index in [1.54, 1.807) is 7.11 Å². The van der Waals surface area contributed by atoms with Crippen LogP contribution in [-0.2, 0) is 6.54 Å². The maximum Gasteiger partial charge on any atom is 0.254 e. The van der Waals surface area contributed by atoms with Gasteiger partial charge in [-0.25, -0.2) is 0 Å². The van der Waals surface area contributed by atoms with Crippen LogP contribution in [0.15, 0.2) is 48.5 Å². The summed E-state index contributed by atoms with van der Waals surface area (Å²) in [5, 5.41) is 0. The minimum Gasteiger partial charge on any atom is -0.497 e. The largest absolute Gasteiger partial charge is 0.497 e. The van der Waals surface area contributed by atoms with E-state index >= 15 is 0 Å². The lowest BCUT2D eigenvalue weighted by Crippen LogP contribution is -2.48. The van der Waals surface area contributed by atoms with Crippen molar-refractivity contribution in [1.29, 1.82) is 0 Å². The first-order chi connectivity index (χ1) is 11.8. The van der Waals surface area contributed by atoms with Crippen LogP contribution >= 0.6 is 0 Å². The molecule has 2 aromatic rings. The summed E-state index contributed by atoms with van der Waals surface area (Å²) in [4.78, 5) is 15.3. The fourth-order valence-electron chi connectivity index (χ4n) is 4.29. The average molecular weight is 321 g/mol. The van der Waals surface area contributed by atoms with E-state index < -0.39 is 0 Å². The number of fused-ring (bicyclic) bond motifs is 3. The third-order valence-electron chi connectivity index (χ3n) is 5.48. The number of nitrogens with zero attached hydrogens (tertiary/aromatic N) is 1. The van der Waals surface area contributed by atoms with Crippen molar-refractivity contribution in [1.82, 2.24) is 4.90 Å². The average Bonchev–Trinajstić information content (AvgIpc) is 2.65. The molecule has 2 aliphatic rings. The number of rotatable bonds is 3. The van der Waals surface area contributed by atoms with E-state index in [0.29, 0.717) is 18.5 Å². The lowest BCUT2D eigenvalue weighted by molar-refractivity contribution is 0.0533. The summed E-state index contributed by atoms with van der Waals surface area (Å²) in [6.45, 7) is 0.692. The molecule has 0 radical (unpaired) electrons. The quantitative estimate of drug-likeness (QED) is 0.840. The topological polar surface area (TPSA) is 29.5 Å². The van der Waals surface area contributed by atoms with Crippen molar-refractivity contribution in [3.63, 3.8) is 0 Å². The fourth-order valence-corrected chi connectivity index (χ4v) is 4.29. The van der Waals surface area contributed by atoms with Gasteiger partial charge in [0.15, 0.2) is 0 Å². The highest BCUT2D eigenvalue weighted by molar-refractivity contribution is 5.98. The SMILES string of the molecule is COc1ccc2c(c1)C(=O)N(Cc1ccccc1)C1CCCCC21. The van der Waals surface area contributed by atoms with Crippen LogP contribution in [0.4, 0.5) is 0 Å². The van der Waals surface area contributed by atoms with Crippen LogP contribution in [0.1, 0.15) is 53.1 Å². The molecule has 3 heteroatoms. The van der Waals surface area contributed by atoms with E-state index in [1.807, 2.05) is 30.3 Å². The molecule has 1 saturated carbocycles. The van der Waals surface area contributed by atoms with Crippen molar-refractivity contribution in [2.24, 2.45) is 0 Å². The number of carbonyl (C=O) groups is 1. The smallest absolute Gasteiger partial charge is 0.254 e. The van der Waals surface area contributed by atoms with Gasteiger partial charge < -0.3 is 9.64 Å². The monoisotopic (exact) mass is 321 g/mol. The van der Waals surface area contributed by atoms with Gasteiger partial charge in [0.1, 0.15) is 5.75 Å². The normalized spacial score (nSPS) is 22.7. The Kier molecular flexibility index (Phi) is 4.01. The summed E-state index contributed by atoms with van der Waals surface area (Å²) in [5.74, 6) is 1.37. The number of benzene rings is 2. The van der Waals surface area contributed by atoms with Gasteiger partial charge in [-0.1, -0.05) is 49.2 Å². The molecule has 2 atom stereocenters. The summed E-state index contributed by atoms with van der Waals surface area (Å²) in [6.07, 6.45) is 4.74. The maximum atomic E-state index is 13.2. The molecule has 0 spiro atoms. The Balaban J connectivity index is 1.74. The van der Waals surface area contributed by atoms with Crippen LogP contribution in [0.25, 0.3) is 0 Å². The van der Waals surface area contributed by atoms with Gasteiger partial charge in [0, 0.05) is 24.1 Å². The number of amides is 1. The number of hydrogen-bond donors (Lipinski definition) is 0. The Morgan fingerprint density at radius 2 is 1.88 bits per heavy atom. The predicted octanol–water partition coefficient (Wildman–Crippen LogP) is 4.38. The molecule has 1 fully saturated rings. The van der Waals surface area contributed by atoms with E-state index in [4.69, 9.17) is 4.74 Å². The molecule has 4 rings (SSSR count). The highest BCUT2D eigenvalue weighted by Crippen LogP contribution is 2.43. The molecular weight excluding hydrogens is 298 g/mol. The Hall–Kier alpha value is -2.29. The molecule has 124 valence electrons. The second-order valence-corrected chi connectivity index (χ2v) is 6.83. The van der Waals surface area contributed by atoms with Crippen molar-refractivity contribution in [2.45, 2.75) is 44.2 Å². The summed E-state index contributed by atoms with van der Waals surface area (Å²) >= 11 is 0. The van der Waals surface area contributed by atoms with Gasteiger partial charge in [-0.3, -0.25) is 4.79 Å². The van der Waals surface area contributed by atoms with Gasteiger partial charge in [-0.2, -0.15) is 0 Å². The zero-order chi connectivity index (χ0) is 16.5. The van der Waals surface area contributed by atoms with Crippen LogP contribution in [0, 0.1) is 0 Å². The minimum atomic E-state index is 0.149. The van der Waals surface area contributed by atoms with Crippen LogP contribution in [0.5, 0.6) is 5.75 Å². The van der Waals surface area contributed by atoms with E-state index in [0.717, 1.165) is 17.7 Å². The first kappa shape index (κ1) is 15.3. The fraction of sp³-hybridized carbons (Fsp3) is 0.381.